The molecule has 1 aromatic carbocycles. The largest absolute Gasteiger partial charge is 0.482 e. The Balaban J connectivity index is 2.00. The molecule has 8 nitrogen and oxygen atoms in total. The van der Waals surface area contributed by atoms with E-state index in [0.717, 1.165) is 16.7 Å². The van der Waals surface area contributed by atoms with Crippen molar-refractivity contribution in [1.82, 2.24) is 4.90 Å². The highest BCUT2D eigenvalue weighted by Gasteiger charge is 2.37. The highest BCUT2D eigenvalue weighted by molar-refractivity contribution is 8.18. The lowest BCUT2D eigenvalue weighted by molar-refractivity contribution is -0.156. The molecule has 0 aliphatic carbocycles. The number of esters is 2. The monoisotopic (exact) mass is 421 g/mol. The van der Waals surface area contributed by atoms with Gasteiger partial charge in [-0.3, -0.25) is 19.3 Å². The van der Waals surface area contributed by atoms with Crippen LogP contribution in [0.25, 0.3) is 6.08 Å². The number of ether oxygens (including phenoxy) is 3. The van der Waals surface area contributed by atoms with E-state index in [0.29, 0.717) is 11.3 Å². The Hall–Kier alpha value is -2.81. The zero-order chi connectivity index (χ0) is 21.6. The summed E-state index contributed by atoms with van der Waals surface area (Å²) in [7, 11) is 0. The standard InChI is InChI=1S/C20H23NO7S/c1-5-26-17(23)12-27-14-8-6-13(7-9-14)10-15-18(24)21(19(25)29-15)11-16(22)28-20(2,3)4/h6-10H,5,11-12H2,1-4H3/b15-10-. The van der Waals surface area contributed by atoms with Gasteiger partial charge in [-0.05, 0) is 63.2 Å². The highest BCUT2D eigenvalue weighted by Crippen LogP contribution is 2.32. The van der Waals surface area contributed by atoms with E-state index in [1.807, 2.05) is 0 Å². The lowest BCUT2D eigenvalue weighted by atomic mass is 10.2. The fraction of sp³-hybridized carbons (Fsp3) is 0.400. The molecule has 1 aliphatic rings. The van der Waals surface area contributed by atoms with E-state index in [9.17, 15) is 19.2 Å². The van der Waals surface area contributed by atoms with Crippen LogP contribution in [-0.2, 0) is 23.9 Å². The van der Waals surface area contributed by atoms with Crippen LogP contribution in [0, 0.1) is 0 Å². The highest BCUT2D eigenvalue weighted by atomic mass is 32.2. The molecule has 1 saturated heterocycles. The summed E-state index contributed by atoms with van der Waals surface area (Å²) in [4.78, 5) is 48.8. The van der Waals surface area contributed by atoms with Crippen molar-refractivity contribution in [3.8, 4) is 5.75 Å². The first-order valence-corrected chi connectivity index (χ1v) is 9.76. The minimum Gasteiger partial charge on any atom is -0.482 e. The topological polar surface area (TPSA) is 99.2 Å². The molecule has 0 unspecified atom stereocenters. The molecule has 0 aromatic heterocycles. The van der Waals surface area contributed by atoms with Crippen LogP contribution in [0.15, 0.2) is 29.2 Å². The predicted molar refractivity (Wildman–Crippen MR) is 107 cm³/mol. The lowest BCUT2D eigenvalue weighted by Crippen LogP contribution is -2.37. The van der Waals surface area contributed by atoms with Crippen molar-refractivity contribution in [1.29, 1.82) is 0 Å². The second-order valence-electron chi connectivity index (χ2n) is 7.02. The quantitative estimate of drug-likeness (QED) is 0.489. The summed E-state index contributed by atoms with van der Waals surface area (Å²) in [6.45, 7) is 6.48. The zero-order valence-corrected chi connectivity index (χ0v) is 17.5. The van der Waals surface area contributed by atoms with E-state index in [4.69, 9.17) is 14.2 Å². The molecule has 0 atom stereocenters. The van der Waals surface area contributed by atoms with E-state index >= 15 is 0 Å². The molecule has 9 heteroatoms. The van der Waals surface area contributed by atoms with E-state index < -0.39 is 35.2 Å². The smallest absolute Gasteiger partial charge is 0.344 e. The number of amides is 2. The summed E-state index contributed by atoms with van der Waals surface area (Å²) in [5, 5.41) is -0.526. The molecular weight excluding hydrogens is 398 g/mol. The molecule has 1 aromatic rings. The van der Waals surface area contributed by atoms with Crippen molar-refractivity contribution in [2.24, 2.45) is 0 Å². The van der Waals surface area contributed by atoms with Crippen LogP contribution in [0.4, 0.5) is 4.79 Å². The summed E-state index contributed by atoms with van der Waals surface area (Å²) in [6, 6.07) is 6.64. The van der Waals surface area contributed by atoms with Gasteiger partial charge in [-0.1, -0.05) is 12.1 Å². The number of carbonyl (C=O) groups is 4. The Labute approximate surface area is 173 Å². The predicted octanol–water partition coefficient (Wildman–Crippen LogP) is 3.01. The molecule has 0 spiro atoms. The minimum absolute atomic E-state index is 0.198. The van der Waals surface area contributed by atoms with Gasteiger partial charge < -0.3 is 14.2 Å². The average Bonchev–Trinajstić information content (AvgIpc) is 2.87. The number of nitrogens with zero attached hydrogens (tertiary/aromatic N) is 1. The molecule has 29 heavy (non-hydrogen) atoms. The van der Waals surface area contributed by atoms with Gasteiger partial charge in [-0.15, -0.1) is 0 Å². The molecule has 2 rings (SSSR count). The van der Waals surface area contributed by atoms with Gasteiger partial charge in [0, 0.05) is 0 Å². The van der Waals surface area contributed by atoms with Crippen molar-refractivity contribution in [2.45, 2.75) is 33.3 Å². The Morgan fingerprint density at radius 3 is 2.34 bits per heavy atom. The first kappa shape index (κ1) is 22.5. The van der Waals surface area contributed by atoms with Crippen LogP contribution in [0.3, 0.4) is 0 Å². The van der Waals surface area contributed by atoms with Gasteiger partial charge in [0.05, 0.1) is 11.5 Å². The van der Waals surface area contributed by atoms with Crippen molar-refractivity contribution < 1.29 is 33.4 Å². The molecule has 1 fully saturated rings. The Morgan fingerprint density at radius 2 is 1.76 bits per heavy atom. The summed E-state index contributed by atoms with van der Waals surface area (Å²) in [5.41, 5.74) is -0.0394. The van der Waals surface area contributed by atoms with Crippen molar-refractivity contribution >= 4 is 40.9 Å². The summed E-state index contributed by atoms with van der Waals surface area (Å²) < 4.78 is 15.2. The van der Waals surface area contributed by atoms with Crippen LogP contribution >= 0.6 is 11.8 Å². The van der Waals surface area contributed by atoms with Gasteiger partial charge in [0.2, 0.25) is 0 Å². The van der Waals surface area contributed by atoms with Gasteiger partial charge in [0.1, 0.15) is 17.9 Å². The van der Waals surface area contributed by atoms with E-state index in [-0.39, 0.29) is 18.1 Å². The van der Waals surface area contributed by atoms with Crippen LogP contribution in [0.2, 0.25) is 0 Å². The third-order valence-electron chi connectivity index (χ3n) is 3.42. The summed E-state index contributed by atoms with van der Waals surface area (Å²) >= 11 is 0.759. The fourth-order valence-corrected chi connectivity index (χ4v) is 3.13. The molecule has 0 saturated carbocycles. The normalized spacial score (nSPS) is 15.6. The number of hydrogen-bond acceptors (Lipinski definition) is 8. The van der Waals surface area contributed by atoms with Crippen LogP contribution in [0.5, 0.6) is 5.75 Å². The molecule has 2 amide bonds. The lowest BCUT2D eigenvalue weighted by Gasteiger charge is -2.21. The zero-order valence-electron chi connectivity index (χ0n) is 16.7. The van der Waals surface area contributed by atoms with Crippen LogP contribution < -0.4 is 4.74 Å². The van der Waals surface area contributed by atoms with Gasteiger partial charge in [0.25, 0.3) is 11.1 Å². The molecule has 1 heterocycles. The number of imide groups is 1. The molecule has 0 radical (unpaired) electrons. The molecule has 0 N–H and O–H groups in total. The number of rotatable bonds is 7. The minimum atomic E-state index is -0.703. The third kappa shape index (κ3) is 6.94. The number of hydrogen-bond donors (Lipinski definition) is 0. The van der Waals surface area contributed by atoms with Gasteiger partial charge in [-0.2, -0.15) is 0 Å². The van der Waals surface area contributed by atoms with E-state index in [1.54, 1.807) is 58.0 Å². The first-order valence-electron chi connectivity index (χ1n) is 8.94. The molecular formula is C20H23NO7S. The number of carbonyl (C=O) groups excluding carboxylic acids is 4. The van der Waals surface area contributed by atoms with Crippen LogP contribution in [0.1, 0.15) is 33.3 Å². The SMILES string of the molecule is CCOC(=O)COc1ccc(/C=C2\SC(=O)N(CC(=O)OC(C)(C)C)C2=O)cc1. The molecule has 0 bridgehead atoms. The molecule has 156 valence electrons. The summed E-state index contributed by atoms with van der Waals surface area (Å²) in [5.74, 6) is -1.19. The van der Waals surface area contributed by atoms with E-state index in [1.165, 1.54) is 0 Å². The van der Waals surface area contributed by atoms with Crippen LogP contribution in [-0.4, -0.2) is 53.3 Å². The average molecular weight is 421 g/mol. The van der Waals surface area contributed by atoms with Crippen molar-refractivity contribution in [3.63, 3.8) is 0 Å². The fourth-order valence-electron chi connectivity index (χ4n) is 2.30. The third-order valence-corrected chi connectivity index (χ3v) is 4.33. The molecule has 1 aliphatic heterocycles. The Kier molecular flexibility index (Phi) is 7.44. The van der Waals surface area contributed by atoms with Gasteiger partial charge >= 0.3 is 11.9 Å². The second kappa shape index (κ2) is 9.60. The maximum Gasteiger partial charge on any atom is 0.344 e. The van der Waals surface area contributed by atoms with Gasteiger partial charge in [-0.25, -0.2) is 4.79 Å². The maximum absolute atomic E-state index is 12.5. The Morgan fingerprint density at radius 1 is 1.10 bits per heavy atom. The second-order valence-corrected chi connectivity index (χ2v) is 8.01. The van der Waals surface area contributed by atoms with Crippen molar-refractivity contribution in [2.75, 3.05) is 19.8 Å². The Bertz CT molecular complexity index is 824. The number of benzene rings is 1. The number of thioether (sulfide) groups is 1. The summed E-state index contributed by atoms with van der Waals surface area (Å²) in [6.07, 6.45) is 1.55. The van der Waals surface area contributed by atoms with Crippen molar-refractivity contribution in [3.05, 3.63) is 34.7 Å². The maximum atomic E-state index is 12.5. The first-order chi connectivity index (χ1) is 13.6. The van der Waals surface area contributed by atoms with E-state index in [2.05, 4.69) is 0 Å². The van der Waals surface area contributed by atoms with Gasteiger partial charge in [0.15, 0.2) is 6.61 Å².